The van der Waals surface area contributed by atoms with Gasteiger partial charge in [0.25, 0.3) is 0 Å². The third-order valence-corrected chi connectivity index (χ3v) is 2.74. The average molecular weight is 225 g/mol. The van der Waals surface area contributed by atoms with Crippen molar-refractivity contribution in [3.05, 3.63) is 28.8 Å². The summed E-state index contributed by atoms with van der Waals surface area (Å²) in [5, 5.41) is 6.98. The van der Waals surface area contributed by atoms with Crippen LogP contribution in [0.1, 0.15) is 12.0 Å². The van der Waals surface area contributed by atoms with Crippen LogP contribution in [-0.2, 0) is 0 Å². The predicted molar refractivity (Wildman–Crippen MR) is 61.8 cm³/mol. The van der Waals surface area contributed by atoms with Crippen molar-refractivity contribution in [2.45, 2.75) is 6.42 Å². The van der Waals surface area contributed by atoms with E-state index in [9.17, 15) is 0 Å². The Bertz CT molecular complexity index is 404. The number of nitrogens with zero attached hydrogens (tertiary/aromatic N) is 2. The molecule has 1 aromatic rings. The molecule has 1 heterocycles. The van der Waals surface area contributed by atoms with Gasteiger partial charge in [0.15, 0.2) is 0 Å². The summed E-state index contributed by atoms with van der Waals surface area (Å²) in [7, 11) is 3.58. The molecule has 0 N–H and O–H groups in total. The van der Waals surface area contributed by atoms with Gasteiger partial charge in [-0.3, -0.25) is 5.01 Å². The van der Waals surface area contributed by atoms with Crippen LogP contribution < -0.4 is 4.74 Å². The molecule has 1 aliphatic rings. The highest BCUT2D eigenvalue weighted by molar-refractivity contribution is 6.32. The molecule has 1 aliphatic heterocycles. The van der Waals surface area contributed by atoms with Crippen LogP contribution in [0.15, 0.2) is 23.3 Å². The summed E-state index contributed by atoms with van der Waals surface area (Å²) in [6, 6.07) is 5.76. The highest BCUT2D eigenvalue weighted by atomic mass is 35.5. The van der Waals surface area contributed by atoms with Crippen molar-refractivity contribution in [3.63, 3.8) is 0 Å². The standard InChI is InChI=1S/C11H13ClN2O/c1-14-6-5-10(13-14)8-3-4-11(15-2)9(12)7-8/h3-4,7H,5-6H2,1-2H3. The fraction of sp³-hybridized carbons (Fsp3) is 0.364. The Morgan fingerprint density at radius 1 is 1.47 bits per heavy atom. The molecule has 15 heavy (non-hydrogen) atoms. The lowest BCUT2D eigenvalue weighted by atomic mass is 10.1. The van der Waals surface area contributed by atoms with Gasteiger partial charge in [0, 0.05) is 20.0 Å². The van der Waals surface area contributed by atoms with Gasteiger partial charge in [-0.25, -0.2) is 0 Å². The molecule has 0 fully saturated rings. The van der Waals surface area contributed by atoms with Crippen molar-refractivity contribution < 1.29 is 4.74 Å². The minimum Gasteiger partial charge on any atom is -0.495 e. The Kier molecular flexibility index (Phi) is 2.82. The Morgan fingerprint density at radius 2 is 2.27 bits per heavy atom. The lowest BCUT2D eigenvalue weighted by Crippen LogP contribution is -2.04. The Labute approximate surface area is 94.3 Å². The highest BCUT2D eigenvalue weighted by Gasteiger charge is 2.13. The maximum Gasteiger partial charge on any atom is 0.137 e. The number of methoxy groups -OCH3 is 1. The minimum absolute atomic E-state index is 0.632. The van der Waals surface area contributed by atoms with Gasteiger partial charge in [-0.1, -0.05) is 11.6 Å². The molecule has 0 aliphatic carbocycles. The topological polar surface area (TPSA) is 24.8 Å². The van der Waals surface area contributed by atoms with Crippen LogP contribution in [0.2, 0.25) is 5.02 Å². The Balaban J connectivity index is 2.30. The summed E-state index contributed by atoms with van der Waals surface area (Å²) in [6.45, 7) is 0.971. The molecule has 0 saturated carbocycles. The van der Waals surface area contributed by atoms with E-state index in [4.69, 9.17) is 16.3 Å². The second-order valence-electron chi connectivity index (χ2n) is 3.53. The largest absolute Gasteiger partial charge is 0.495 e. The first-order valence-corrected chi connectivity index (χ1v) is 5.21. The number of ether oxygens (including phenoxy) is 1. The zero-order valence-electron chi connectivity index (χ0n) is 8.83. The minimum atomic E-state index is 0.632. The SMILES string of the molecule is COc1ccc(C2=NN(C)CC2)cc1Cl. The molecule has 0 bridgehead atoms. The summed E-state index contributed by atoms with van der Waals surface area (Å²) in [4.78, 5) is 0. The number of rotatable bonds is 2. The van der Waals surface area contributed by atoms with E-state index in [1.165, 1.54) is 0 Å². The van der Waals surface area contributed by atoms with E-state index < -0.39 is 0 Å². The lowest BCUT2D eigenvalue weighted by Gasteiger charge is -2.05. The number of hydrogen-bond acceptors (Lipinski definition) is 3. The Hall–Kier alpha value is -1.22. The molecule has 2 rings (SSSR count). The highest BCUT2D eigenvalue weighted by Crippen LogP contribution is 2.26. The van der Waals surface area contributed by atoms with E-state index >= 15 is 0 Å². The second-order valence-corrected chi connectivity index (χ2v) is 3.93. The fourth-order valence-electron chi connectivity index (χ4n) is 1.62. The molecule has 4 heteroatoms. The summed E-state index contributed by atoms with van der Waals surface area (Å²) in [5.41, 5.74) is 2.16. The van der Waals surface area contributed by atoms with Crippen molar-refractivity contribution in [1.82, 2.24) is 5.01 Å². The first kappa shape index (κ1) is 10.3. The normalized spacial score (nSPS) is 15.4. The molecule has 0 unspecified atom stereocenters. The van der Waals surface area contributed by atoms with Gasteiger partial charge < -0.3 is 4.74 Å². The van der Waals surface area contributed by atoms with Crippen LogP contribution in [0.4, 0.5) is 0 Å². The summed E-state index contributed by atoms with van der Waals surface area (Å²) in [6.07, 6.45) is 0.971. The monoisotopic (exact) mass is 224 g/mol. The number of hydrogen-bond donors (Lipinski definition) is 0. The van der Waals surface area contributed by atoms with Gasteiger partial charge >= 0.3 is 0 Å². The molecule has 1 aromatic carbocycles. The van der Waals surface area contributed by atoms with Crippen molar-refractivity contribution in [1.29, 1.82) is 0 Å². The Morgan fingerprint density at radius 3 is 2.80 bits per heavy atom. The van der Waals surface area contributed by atoms with Crippen molar-refractivity contribution in [3.8, 4) is 5.75 Å². The van der Waals surface area contributed by atoms with E-state index in [0.29, 0.717) is 10.8 Å². The smallest absolute Gasteiger partial charge is 0.137 e. The maximum absolute atomic E-state index is 6.05. The number of halogens is 1. The molecule has 0 spiro atoms. The van der Waals surface area contributed by atoms with Gasteiger partial charge in [0.2, 0.25) is 0 Å². The van der Waals surface area contributed by atoms with Crippen LogP contribution >= 0.6 is 11.6 Å². The van der Waals surface area contributed by atoms with Gasteiger partial charge in [-0.05, 0) is 23.8 Å². The van der Waals surface area contributed by atoms with E-state index in [1.807, 2.05) is 30.3 Å². The molecule has 0 amide bonds. The molecule has 0 saturated heterocycles. The van der Waals surface area contributed by atoms with Gasteiger partial charge in [0.05, 0.1) is 17.8 Å². The van der Waals surface area contributed by atoms with Crippen LogP contribution in [0.25, 0.3) is 0 Å². The van der Waals surface area contributed by atoms with E-state index in [-0.39, 0.29) is 0 Å². The third kappa shape index (κ3) is 2.07. The van der Waals surface area contributed by atoms with Gasteiger partial charge in [-0.15, -0.1) is 0 Å². The first-order valence-electron chi connectivity index (χ1n) is 4.83. The molecule has 0 aromatic heterocycles. The summed E-state index contributed by atoms with van der Waals surface area (Å²) in [5.74, 6) is 0.701. The van der Waals surface area contributed by atoms with Crippen molar-refractivity contribution >= 4 is 17.3 Å². The second kappa shape index (κ2) is 4.11. The number of benzene rings is 1. The van der Waals surface area contributed by atoms with E-state index in [0.717, 1.165) is 24.2 Å². The van der Waals surface area contributed by atoms with Crippen LogP contribution in [0.5, 0.6) is 5.75 Å². The van der Waals surface area contributed by atoms with Crippen LogP contribution in [0.3, 0.4) is 0 Å². The van der Waals surface area contributed by atoms with Crippen LogP contribution in [-0.4, -0.2) is 31.4 Å². The van der Waals surface area contributed by atoms with E-state index in [1.54, 1.807) is 7.11 Å². The molecule has 3 nitrogen and oxygen atoms in total. The van der Waals surface area contributed by atoms with Crippen LogP contribution in [0, 0.1) is 0 Å². The molecule has 0 atom stereocenters. The van der Waals surface area contributed by atoms with Crippen molar-refractivity contribution in [2.24, 2.45) is 5.10 Å². The quantitative estimate of drug-likeness (QED) is 0.771. The molecule has 0 radical (unpaired) electrons. The van der Waals surface area contributed by atoms with E-state index in [2.05, 4.69) is 5.10 Å². The summed E-state index contributed by atoms with van der Waals surface area (Å²) < 4.78 is 5.10. The maximum atomic E-state index is 6.05. The molecule has 80 valence electrons. The van der Waals surface area contributed by atoms with Gasteiger partial charge in [0.1, 0.15) is 5.75 Å². The van der Waals surface area contributed by atoms with Crippen molar-refractivity contribution in [2.75, 3.05) is 20.7 Å². The number of hydrazone groups is 1. The van der Waals surface area contributed by atoms with Gasteiger partial charge in [-0.2, -0.15) is 5.10 Å². The lowest BCUT2D eigenvalue weighted by molar-refractivity contribution is 0.393. The summed E-state index contributed by atoms with van der Waals surface area (Å²) >= 11 is 6.05. The first-order chi connectivity index (χ1) is 7.20. The zero-order valence-corrected chi connectivity index (χ0v) is 9.58. The molecular formula is C11H13ClN2O. The molecular weight excluding hydrogens is 212 g/mol. The third-order valence-electron chi connectivity index (χ3n) is 2.45. The fourth-order valence-corrected chi connectivity index (χ4v) is 1.88. The zero-order chi connectivity index (χ0) is 10.8. The average Bonchev–Trinajstić information content (AvgIpc) is 2.65. The predicted octanol–water partition coefficient (Wildman–Crippen LogP) is 2.39.